The molecule has 0 amide bonds. The van der Waals surface area contributed by atoms with Gasteiger partial charge in [-0.1, -0.05) is 30.3 Å². The number of aryl methyl sites for hydroxylation is 1. The van der Waals surface area contributed by atoms with E-state index in [-0.39, 0.29) is 0 Å². The maximum atomic E-state index is 5.92. The molecule has 0 atom stereocenters. The maximum Gasteiger partial charge on any atom is 0.227 e. The van der Waals surface area contributed by atoms with Crippen LogP contribution in [0.1, 0.15) is 11.1 Å². The van der Waals surface area contributed by atoms with Crippen LogP contribution in [0.25, 0.3) is 22.6 Å². The lowest BCUT2D eigenvalue weighted by molar-refractivity contribution is 0.616. The van der Waals surface area contributed by atoms with Crippen LogP contribution in [-0.4, -0.2) is 11.5 Å². The molecule has 0 saturated carbocycles. The molecule has 1 heterocycles. The number of fused-ring (bicyclic) bond motifs is 1. The van der Waals surface area contributed by atoms with Gasteiger partial charge in [0.05, 0.1) is 0 Å². The van der Waals surface area contributed by atoms with Gasteiger partial charge in [-0.2, -0.15) is 0 Å². The zero-order chi connectivity index (χ0) is 13.2. The van der Waals surface area contributed by atoms with E-state index < -0.39 is 0 Å². The number of nitrogens with two attached hydrogens (primary N) is 1. The summed E-state index contributed by atoms with van der Waals surface area (Å²) in [6.45, 7) is 2.65. The van der Waals surface area contributed by atoms with E-state index in [4.69, 9.17) is 10.2 Å². The molecule has 19 heavy (non-hydrogen) atoms. The molecule has 0 spiro atoms. The fraction of sp³-hybridized carbons (Fsp3) is 0.188. The molecule has 0 saturated heterocycles. The van der Waals surface area contributed by atoms with E-state index in [0.29, 0.717) is 12.4 Å². The maximum absolute atomic E-state index is 5.92. The van der Waals surface area contributed by atoms with Gasteiger partial charge in [0.2, 0.25) is 5.89 Å². The fourth-order valence-electron chi connectivity index (χ4n) is 2.30. The molecule has 2 aromatic carbocycles. The van der Waals surface area contributed by atoms with Crippen LogP contribution >= 0.6 is 0 Å². The Morgan fingerprint density at radius 3 is 2.74 bits per heavy atom. The number of hydrogen-bond donors (Lipinski definition) is 1. The van der Waals surface area contributed by atoms with E-state index >= 15 is 0 Å². The monoisotopic (exact) mass is 252 g/mol. The van der Waals surface area contributed by atoms with E-state index in [9.17, 15) is 0 Å². The predicted molar refractivity (Wildman–Crippen MR) is 76.9 cm³/mol. The first kappa shape index (κ1) is 11.9. The summed E-state index contributed by atoms with van der Waals surface area (Å²) >= 11 is 0. The van der Waals surface area contributed by atoms with Crippen LogP contribution < -0.4 is 5.73 Å². The van der Waals surface area contributed by atoms with Crippen molar-refractivity contribution < 1.29 is 4.42 Å². The van der Waals surface area contributed by atoms with Crippen molar-refractivity contribution in [3.63, 3.8) is 0 Å². The zero-order valence-corrected chi connectivity index (χ0v) is 10.9. The quantitative estimate of drug-likeness (QED) is 0.778. The van der Waals surface area contributed by atoms with Gasteiger partial charge in [0.15, 0.2) is 5.58 Å². The Balaban J connectivity index is 2.17. The lowest BCUT2D eigenvalue weighted by Gasteiger charge is -2.04. The predicted octanol–water partition coefficient (Wildman–Crippen LogP) is 3.30. The third-order valence-electron chi connectivity index (χ3n) is 3.27. The number of benzene rings is 2. The first-order valence-corrected chi connectivity index (χ1v) is 6.44. The van der Waals surface area contributed by atoms with Gasteiger partial charge in [-0.3, -0.25) is 0 Å². The molecule has 0 aliphatic heterocycles. The molecule has 3 heteroatoms. The summed E-state index contributed by atoms with van der Waals surface area (Å²) in [4.78, 5) is 4.58. The highest BCUT2D eigenvalue weighted by Gasteiger charge is 2.12. The molecule has 1 aromatic heterocycles. The normalized spacial score (nSPS) is 11.1. The van der Waals surface area contributed by atoms with Crippen molar-refractivity contribution >= 4 is 11.1 Å². The first-order chi connectivity index (χ1) is 9.29. The van der Waals surface area contributed by atoms with E-state index in [0.717, 1.165) is 28.6 Å². The molecule has 3 nitrogen and oxygen atoms in total. The molecule has 0 aliphatic carbocycles. The van der Waals surface area contributed by atoms with Crippen LogP contribution in [0.15, 0.2) is 46.9 Å². The second-order valence-electron chi connectivity index (χ2n) is 4.64. The van der Waals surface area contributed by atoms with Crippen molar-refractivity contribution in [3.05, 3.63) is 53.6 Å². The molecule has 0 radical (unpaired) electrons. The number of hydrogen-bond acceptors (Lipinski definition) is 3. The van der Waals surface area contributed by atoms with Crippen molar-refractivity contribution in [3.8, 4) is 11.5 Å². The highest BCUT2D eigenvalue weighted by molar-refractivity contribution is 5.79. The molecule has 0 fully saturated rings. The topological polar surface area (TPSA) is 52.0 Å². The Hall–Kier alpha value is -2.13. The lowest BCUT2D eigenvalue weighted by atomic mass is 10.0. The summed E-state index contributed by atoms with van der Waals surface area (Å²) in [5.41, 5.74) is 10.7. The smallest absolute Gasteiger partial charge is 0.227 e. The summed E-state index contributed by atoms with van der Waals surface area (Å²) in [5, 5.41) is 0. The minimum Gasteiger partial charge on any atom is -0.436 e. The Labute approximate surface area is 112 Å². The minimum absolute atomic E-state index is 0.621. The number of oxazole rings is 1. The Bertz CT molecular complexity index is 716. The third kappa shape index (κ3) is 2.13. The molecule has 0 aliphatic rings. The molecule has 0 unspecified atom stereocenters. The van der Waals surface area contributed by atoms with Gasteiger partial charge in [-0.05, 0) is 43.1 Å². The van der Waals surface area contributed by atoms with Gasteiger partial charge in [0, 0.05) is 5.56 Å². The first-order valence-electron chi connectivity index (χ1n) is 6.44. The van der Waals surface area contributed by atoms with Crippen LogP contribution in [0.3, 0.4) is 0 Å². The van der Waals surface area contributed by atoms with Crippen molar-refractivity contribution in [1.29, 1.82) is 0 Å². The summed E-state index contributed by atoms with van der Waals surface area (Å²) in [5.74, 6) is 0.674. The molecule has 2 N–H and O–H groups in total. The molecular weight excluding hydrogens is 236 g/mol. The third-order valence-corrected chi connectivity index (χ3v) is 3.27. The fourth-order valence-corrected chi connectivity index (χ4v) is 2.30. The van der Waals surface area contributed by atoms with Gasteiger partial charge in [-0.15, -0.1) is 0 Å². The largest absolute Gasteiger partial charge is 0.436 e. The van der Waals surface area contributed by atoms with E-state index in [1.54, 1.807) is 0 Å². The molecule has 3 rings (SSSR count). The van der Waals surface area contributed by atoms with Gasteiger partial charge >= 0.3 is 0 Å². The number of aromatic nitrogens is 1. The highest BCUT2D eigenvalue weighted by atomic mass is 16.3. The highest BCUT2D eigenvalue weighted by Crippen LogP contribution is 2.28. The van der Waals surface area contributed by atoms with Crippen molar-refractivity contribution in [2.24, 2.45) is 5.73 Å². The van der Waals surface area contributed by atoms with Gasteiger partial charge in [-0.25, -0.2) is 4.98 Å². The zero-order valence-electron chi connectivity index (χ0n) is 10.9. The Morgan fingerprint density at radius 2 is 1.95 bits per heavy atom. The van der Waals surface area contributed by atoms with Gasteiger partial charge in [0.1, 0.15) is 5.52 Å². The van der Waals surface area contributed by atoms with Crippen LogP contribution in [-0.2, 0) is 6.42 Å². The standard InChI is InChI=1S/C16H16N2O/c1-11-5-4-8-14-15(11)19-16(18-14)13-7-3-2-6-12(13)9-10-17/h2-8H,9-10,17H2,1H3. The van der Waals surface area contributed by atoms with Crippen LogP contribution in [0.2, 0.25) is 0 Å². The Kier molecular flexibility index (Phi) is 3.05. The van der Waals surface area contributed by atoms with E-state index in [1.807, 2.05) is 43.3 Å². The summed E-state index contributed by atoms with van der Waals surface area (Å²) in [7, 11) is 0. The van der Waals surface area contributed by atoms with Crippen molar-refractivity contribution in [2.45, 2.75) is 13.3 Å². The number of nitrogens with zero attached hydrogens (tertiary/aromatic N) is 1. The van der Waals surface area contributed by atoms with Gasteiger partial charge in [0.25, 0.3) is 0 Å². The summed E-state index contributed by atoms with van der Waals surface area (Å²) in [6, 6.07) is 14.1. The molecule has 3 aromatic rings. The summed E-state index contributed by atoms with van der Waals surface area (Å²) in [6.07, 6.45) is 0.827. The second kappa shape index (κ2) is 4.86. The van der Waals surface area contributed by atoms with Gasteiger partial charge < -0.3 is 10.2 Å². The van der Waals surface area contributed by atoms with E-state index in [1.165, 1.54) is 5.56 Å². The number of rotatable bonds is 3. The van der Waals surface area contributed by atoms with Crippen molar-refractivity contribution in [1.82, 2.24) is 4.98 Å². The van der Waals surface area contributed by atoms with Crippen LogP contribution in [0, 0.1) is 6.92 Å². The molecule has 96 valence electrons. The average Bonchev–Trinajstić information content (AvgIpc) is 2.85. The molecular formula is C16H16N2O. The Morgan fingerprint density at radius 1 is 1.11 bits per heavy atom. The SMILES string of the molecule is Cc1cccc2nc(-c3ccccc3CCN)oc12. The van der Waals surface area contributed by atoms with Crippen LogP contribution in [0.4, 0.5) is 0 Å². The average molecular weight is 252 g/mol. The lowest BCUT2D eigenvalue weighted by Crippen LogP contribution is -2.03. The van der Waals surface area contributed by atoms with E-state index in [2.05, 4.69) is 11.1 Å². The second-order valence-corrected chi connectivity index (χ2v) is 4.64. The van der Waals surface area contributed by atoms with Crippen LogP contribution in [0.5, 0.6) is 0 Å². The summed E-state index contributed by atoms with van der Waals surface area (Å²) < 4.78 is 5.92. The number of para-hydroxylation sites is 1. The van der Waals surface area contributed by atoms with Crippen molar-refractivity contribution in [2.75, 3.05) is 6.54 Å². The minimum atomic E-state index is 0.621. The molecule has 0 bridgehead atoms.